The average Bonchev–Trinajstić information content (AvgIpc) is 2.89. The number of anilines is 1. The third-order valence-corrected chi connectivity index (χ3v) is 7.50. The van der Waals surface area contributed by atoms with Gasteiger partial charge in [-0.05, 0) is 30.2 Å². The summed E-state index contributed by atoms with van der Waals surface area (Å²) in [7, 11) is -3.66. The standard InChI is InChI=1S/C28H33N3O4S/c1-3-35-26-16-10-15-25(21-26)31(36(2,33)34)22-27(32)29-17-19-30(20-18-29)28(23-11-6-4-7-12-23)24-13-8-5-9-14-24/h4-16,21,28H,3,17-20,22H2,1-2H3. The van der Waals surface area contributed by atoms with Crippen LogP contribution < -0.4 is 9.04 Å². The number of amides is 1. The molecule has 1 aliphatic rings. The molecule has 3 aromatic rings. The van der Waals surface area contributed by atoms with Crippen LogP contribution in [-0.4, -0.2) is 69.7 Å². The molecule has 1 amide bonds. The maximum absolute atomic E-state index is 13.2. The van der Waals surface area contributed by atoms with E-state index in [9.17, 15) is 13.2 Å². The summed E-state index contributed by atoms with van der Waals surface area (Å²) < 4.78 is 31.8. The van der Waals surface area contributed by atoms with Gasteiger partial charge < -0.3 is 9.64 Å². The minimum absolute atomic E-state index is 0.0958. The van der Waals surface area contributed by atoms with Crippen LogP contribution >= 0.6 is 0 Å². The highest BCUT2D eigenvalue weighted by Crippen LogP contribution is 2.30. The largest absolute Gasteiger partial charge is 0.494 e. The van der Waals surface area contributed by atoms with Gasteiger partial charge in [0.25, 0.3) is 0 Å². The second kappa shape index (κ2) is 11.6. The van der Waals surface area contributed by atoms with Gasteiger partial charge in [-0.1, -0.05) is 66.7 Å². The number of nitrogens with zero attached hydrogens (tertiary/aromatic N) is 3. The summed E-state index contributed by atoms with van der Waals surface area (Å²) in [6, 6.07) is 27.7. The van der Waals surface area contributed by atoms with Gasteiger partial charge in [0.05, 0.1) is 24.6 Å². The van der Waals surface area contributed by atoms with Crippen molar-refractivity contribution in [3.05, 3.63) is 96.1 Å². The zero-order valence-electron chi connectivity index (χ0n) is 20.8. The summed E-state index contributed by atoms with van der Waals surface area (Å²) in [6.07, 6.45) is 1.12. The maximum atomic E-state index is 13.2. The van der Waals surface area contributed by atoms with E-state index in [1.165, 1.54) is 11.1 Å². The summed E-state index contributed by atoms with van der Waals surface area (Å²) >= 11 is 0. The highest BCUT2D eigenvalue weighted by Gasteiger charge is 2.30. The number of ether oxygens (including phenoxy) is 1. The van der Waals surface area contributed by atoms with Crippen molar-refractivity contribution in [3.63, 3.8) is 0 Å². The molecule has 0 bridgehead atoms. The van der Waals surface area contributed by atoms with Crippen molar-refractivity contribution in [2.75, 3.05) is 49.9 Å². The molecule has 0 radical (unpaired) electrons. The molecular weight excluding hydrogens is 474 g/mol. The van der Waals surface area contributed by atoms with E-state index in [1.807, 2.05) is 43.3 Å². The Morgan fingerprint density at radius 1 is 0.889 bits per heavy atom. The molecular formula is C28H33N3O4S. The predicted molar refractivity (Wildman–Crippen MR) is 143 cm³/mol. The van der Waals surface area contributed by atoms with Crippen LogP contribution in [0.5, 0.6) is 5.75 Å². The number of carbonyl (C=O) groups excluding carboxylic acids is 1. The minimum atomic E-state index is -3.66. The Morgan fingerprint density at radius 3 is 2.00 bits per heavy atom. The Kier molecular flexibility index (Phi) is 8.28. The second-order valence-electron chi connectivity index (χ2n) is 8.84. The molecule has 190 valence electrons. The molecule has 0 saturated carbocycles. The fourth-order valence-corrected chi connectivity index (χ4v) is 5.47. The SMILES string of the molecule is CCOc1cccc(N(CC(=O)N2CCN(C(c3ccccc3)c3ccccc3)CC2)S(C)(=O)=O)c1. The van der Waals surface area contributed by atoms with Crippen LogP contribution in [0.3, 0.4) is 0 Å². The first-order chi connectivity index (χ1) is 17.4. The molecule has 1 saturated heterocycles. The minimum Gasteiger partial charge on any atom is -0.494 e. The van der Waals surface area contributed by atoms with Gasteiger partial charge in [0, 0.05) is 32.2 Å². The topological polar surface area (TPSA) is 70.2 Å². The van der Waals surface area contributed by atoms with Crippen molar-refractivity contribution in [1.29, 1.82) is 0 Å². The Balaban J connectivity index is 1.47. The molecule has 1 fully saturated rings. The van der Waals surface area contributed by atoms with E-state index in [0.29, 0.717) is 44.2 Å². The summed E-state index contributed by atoms with van der Waals surface area (Å²) in [5.74, 6) is 0.357. The fourth-order valence-electron chi connectivity index (χ4n) is 4.63. The third-order valence-electron chi connectivity index (χ3n) is 6.36. The third kappa shape index (κ3) is 6.25. The van der Waals surface area contributed by atoms with Crippen LogP contribution in [0.15, 0.2) is 84.9 Å². The number of carbonyl (C=O) groups is 1. The highest BCUT2D eigenvalue weighted by molar-refractivity contribution is 7.92. The van der Waals surface area contributed by atoms with Gasteiger partial charge >= 0.3 is 0 Å². The van der Waals surface area contributed by atoms with Crippen LogP contribution in [-0.2, 0) is 14.8 Å². The predicted octanol–water partition coefficient (Wildman–Crippen LogP) is 3.79. The zero-order valence-corrected chi connectivity index (χ0v) is 21.6. The lowest BCUT2D eigenvalue weighted by Gasteiger charge is -2.40. The molecule has 0 aliphatic carbocycles. The number of hydrogen-bond donors (Lipinski definition) is 0. The first kappa shape index (κ1) is 25.7. The van der Waals surface area contributed by atoms with Crippen LogP contribution in [0.1, 0.15) is 24.1 Å². The van der Waals surface area contributed by atoms with E-state index in [1.54, 1.807) is 29.2 Å². The van der Waals surface area contributed by atoms with E-state index < -0.39 is 10.0 Å². The van der Waals surface area contributed by atoms with Crippen molar-refractivity contribution < 1.29 is 17.9 Å². The van der Waals surface area contributed by atoms with Crippen LogP contribution in [0.2, 0.25) is 0 Å². The molecule has 0 atom stereocenters. The molecule has 0 N–H and O–H groups in total. The first-order valence-electron chi connectivity index (χ1n) is 12.2. The number of rotatable bonds is 9. The van der Waals surface area contributed by atoms with E-state index in [2.05, 4.69) is 29.2 Å². The molecule has 7 nitrogen and oxygen atoms in total. The van der Waals surface area contributed by atoms with Crippen molar-refractivity contribution in [2.24, 2.45) is 0 Å². The van der Waals surface area contributed by atoms with Gasteiger partial charge in [0.1, 0.15) is 12.3 Å². The Morgan fingerprint density at radius 2 is 1.47 bits per heavy atom. The van der Waals surface area contributed by atoms with E-state index >= 15 is 0 Å². The van der Waals surface area contributed by atoms with E-state index in [0.717, 1.165) is 10.6 Å². The molecule has 1 aliphatic heterocycles. The quantitative estimate of drug-likeness (QED) is 0.441. The van der Waals surface area contributed by atoms with Gasteiger partial charge in [-0.15, -0.1) is 0 Å². The van der Waals surface area contributed by atoms with Gasteiger partial charge in [0.2, 0.25) is 15.9 Å². The summed E-state index contributed by atoms with van der Waals surface area (Å²) in [5.41, 5.74) is 2.84. The highest BCUT2D eigenvalue weighted by atomic mass is 32.2. The van der Waals surface area contributed by atoms with Gasteiger partial charge in [-0.3, -0.25) is 14.0 Å². The average molecular weight is 508 g/mol. The number of sulfonamides is 1. The Labute approximate surface area is 214 Å². The normalized spacial score (nSPS) is 14.6. The van der Waals surface area contributed by atoms with Gasteiger partial charge in [0.15, 0.2) is 0 Å². The monoisotopic (exact) mass is 507 g/mol. The number of benzene rings is 3. The lowest BCUT2D eigenvalue weighted by Crippen LogP contribution is -2.52. The lowest BCUT2D eigenvalue weighted by molar-refractivity contribution is -0.131. The van der Waals surface area contributed by atoms with Crippen LogP contribution in [0.25, 0.3) is 0 Å². The number of hydrogen-bond acceptors (Lipinski definition) is 5. The number of piperazine rings is 1. The molecule has 4 rings (SSSR count). The lowest BCUT2D eigenvalue weighted by atomic mass is 9.96. The van der Waals surface area contributed by atoms with E-state index in [4.69, 9.17) is 4.74 Å². The van der Waals surface area contributed by atoms with Gasteiger partial charge in [-0.2, -0.15) is 0 Å². The molecule has 0 unspecified atom stereocenters. The van der Waals surface area contributed by atoms with Crippen molar-refractivity contribution in [2.45, 2.75) is 13.0 Å². The molecule has 1 heterocycles. The second-order valence-corrected chi connectivity index (χ2v) is 10.7. The fraction of sp³-hybridized carbons (Fsp3) is 0.321. The zero-order chi connectivity index (χ0) is 25.5. The summed E-state index contributed by atoms with van der Waals surface area (Å²) in [5, 5.41) is 0. The first-order valence-corrected chi connectivity index (χ1v) is 14.0. The van der Waals surface area contributed by atoms with E-state index in [-0.39, 0.29) is 18.5 Å². The van der Waals surface area contributed by atoms with Crippen molar-refractivity contribution in [1.82, 2.24) is 9.80 Å². The molecule has 36 heavy (non-hydrogen) atoms. The van der Waals surface area contributed by atoms with Crippen molar-refractivity contribution >= 4 is 21.6 Å². The summed E-state index contributed by atoms with van der Waals surface area (Å²) in [4.78, 5) is 17.4. The van der Waals surface area contributed by atoms with Crippen LogP contribution in [0, 0.1) is 0 Å². The molecule has 3 aromatic carbocycles. The maximum Gasteiger partial charge on any atom is 0.243 e. The van der Waals surface area contributed by atoms with Crippen LogP contribution in [0.4, 0.5) is 5.69 Å². The molecule has 0 aromatic heterocycles. The van der Waals surface area contributed by atoms with Crippen molar-refractivity contribution in [3.8, 4) is 5.75 Å². The van der Waals surface area contributed by atoms with Gasteiger partial charge in [-0.25, -0.2) is 8.42 Å². The summed E-state index contributed by atoms with van der Waals surface area (Å²) in [6.45, 7) is 4.55. The molecule has 0 spiro atoms. The smallest absolute Gasteiger partial charge is 0.243 e. The Bertz CT molecular complexity index is 1200. The Hall–Kier alpha value is -3.36. The molecule has 8 heteroatoms.